The summed E-state index contributed by atoms with van der Waals surface area (Å²) in [6.07, 6.45) is 7.81. The number of nitrogens with one attached hydrogen (secondary N) is 1. The van der Waals surface area contributed by atoms with Gasteiger partial charge in [-0.25, -0.2) is 4.98 Å². The first-order valence-electron chi connectivity index (χ1n) is 6.45. The minimum absolute atomic E-state index is 0.141. The van der Waals surface area contributed by atoms with Gasteiger partial charge in [0, 0.05) is 31.2 Å². The Labute approximate surface area is 117 Å². The van der Waals surface area contributed by atoms with Gasteiger partial charge in [0.15, 0.2) is 0 Å². The molecule has 0 aliphatic carbocycles. The van der Waals surface area contributed by atoms with Crippen LogP contribution >= 0.6 is 0 Å². The second-order valence-corrected chi connectivity index (χ2v) is 4.44. The maximum absolute atomic E-state index is 12.1. The summed E-state index contributed by atoms with van der Waals surface area (Å²) in [5.41, 5.74) is 1.30. The highest BCUT2D eigenvalue weighted by Gasteiger charge is 2.12. The minimum Gasteiger partial charge on any atom is -0.494 e. The van der Waals surface area contributed by atoms with E-state index in [0.717, 1.165) is 18.7 Å². The molecular weight excluding hydrogens is 256 g/mol. The number of ether oxygens (including phenoxy) is 1. The molecule has 0 aliphatic rings. The van der Waals surface area contributed by atoms with Crippen molar-refractivity contribution < 1.29 is 9.53 Å². The van der Waals surface area contributed by atoms with Crippen molar-refractivity contribution in [1.82, 2.24) is 19.9 Å². The van der Waals surface area contributed by atoms with Crippen LogP contribution in [0.25, 0.3) is 0 Å². The number of pyridine rings is 1. The summed E-state index contributed by atoms with van der Waals surface area (Å²) < 4.78 is 7.13. The molecule has 1 amide bonds. The van der Waals surface area contributed by atoms with Gasteiger partial charge in [0.25, 0.3) is 5.91 Å². The second kappa shape index (κ2) is 6.70. The Kier molecular flexibility index (Phi) is 4.70. The largest absolute Gasteiger partial charge is 0.494 e. The SMILES string of the molecule is COc1cnc(C)cc1C(=O)NCCCn1ccnc1. The van der Waals surface area contributed by atoms with Crippen molar-refractivity contribution in [3.8, 4) is 5.75 Å². The first kappa shape index (κ1) is 14.0. The number of imidazole rings is 1. The van der Waals surface area contributed by atoms with Gasteiger partial charge in [-0.3, -0.25) is 9.78 Å². The van der Waals surface area contributed by atoms with E-state index < -0.39 is 0 Å². The van der Waals surface area contributed by atoms with Gasteiger partial charge in [-0.1, -0.05) is 0 Å². The maximum atomic E-state index is 12.1. The van der Waals surface area contributed by atoms with E-state index in [-0.39, 0.29) is 5.91 Å². The summed E-state index contributed by atoms with van der Waals surface area (Å²) in [4.78, 5) is 20.2. The molecule has 1 N–H and O–H groups in total. The predicted molar refractivity (Wildman–Crippen MR) is 74.7 cm³/mol. The van der Waals surface area contributed by atoms with Crippen LogP contribution in [-0.2, 0) is 6.54 Å². The van der Waals surface area contributed by atoms with Crippen LogP contribution in [0.5, 0.6) is 5.75 Å². The van der Waals surface area contributed by atoms with Gasteiger partial charge in [-0.2, -0.15) is 0 Å². The fourth-order valence-electron chi connectivity index (χ4n) is 1.87. The number of nitrogens with zero attached hydrogens (tertiary/aromatic N) is 3. The molecule has 20 heavy (non-hydrogen) atoms. The van der Waals surface area contributed by atoms with E-state index in [2.05, 4.69) is 15.3 Å². The molecule has 0 aliphatic heterocycles. The van der Waals surface area contributed by atoms with Crippen LogP contribution < -0.4 is 10.1 Å². The maximum Gasteiger partial charge on any atom is 0.255 e. The number of rotatable bonds is 6. The molecule has 106 valence electrons. The lowest BCUT2D eigenvalue weighted by Crippen LogP contribution is -2.25. The van der Waals surface area contributed by atoms with Crippen molar-refractivity contribution in [2.75, 3.05) is 13.7 Å². The first-order valence-corrected chi connectivity index (χ1v) is 6.45. The molecule has 2 heterocycles. The highest BCUT2D eigenvalue weighted by molar-refractivity contribution is 5.96. The number of carbonyl (C=O) groups is 1. The Hall–Kier alpha value is -2.37. The van der Waals surface area contributed by atoms with Gasteiger partial charge in [-0.15, -0.1) is 0 Å². The molecular formula is C14H18N4O2. The van der Waals surface area contributed by atoms with E-state index in [0.29, 0.717) is 17.9 Å². The van der Waals surface area contributed by atoms with Crippen LogP contribution in [0.2, 0.25) is 0 Å². The van der Waals surface area contributed by atoms with Crippen molar-refractivity contribution in [3.63, 3.8) is 0 Å². The summed E-state index contributed by atoms with van der Waals surface area (Å²) >= 11 is 0. The average molecular weight is 274 g/mol. The number of amides is 1. The smallest absolute Gasteiger partial charge is 0.255 e. The molecule has 0 unspecified atom stereocenters. The predicted octanol–water partition coefficient (Wildman–Crippen LogP) is 1.42. The summed E-state index contributed by atoms with van der Waals surface area (Å²) in [7, 11) is 1.53. The zero-order chi connectivity index (χ0) is 14.4. The number of carbonyl (C=O) groups excluding carboxylic acids is 1. The fraction of sp³-hybridized carbons (Fsp3) is 0.357. The van der Waals surface area contributed by atoms with Gasteiger partial charge in [0.2, 0.25) is 0 Å². The third kappa shape index (κ3) is 3.57. The Bertz CT molecular complexity index is 567. The normalized spacial score (nSPS) is 10.3. The van der Waals surface area contributed by atoms with Crippen molar-refractivity contribution in [2.45, 2.75) is 19.9 Å². The summed E-state index contributed by atoms with van der Waals surface area (Å²) in [5.74, 6) is 0.348. The Morgan fingerprint density at radius 2 is 2.35 bits per heavy atom. The molecule has 0 fully saturated rings. The molecule has 2 aromatic heterocycles. The molecule has 0 aromatic carbocycles. The molecule has 0 spiro atoms. The van der Waals surface area contributed by atoms with Crippen LogP contribution in [-0.4, -0.2) is 34.1 Å². The quantitative estimate of drug-likeness (QED) is 0.809. The van der Waals surface area contributed by atoms with E-state index in [1.165, 1.54) is 7.11 Å². The Morgan fingerprint density at radius 3 is 3.05 bits per heavy atom. The number of aromatic nitrogens is 3. The lowest BCUT2D eigenvalue weighted by molar-refractivity contribution is 0.0949. The highest BCUT2D eigenvalue weighted by Crippen LogP contribution is 2.17. The molecule has 0 bridgehead atoms. The van der Waals surface area contributed by atoms with Crippen molar-refractivity contribution >= 4 is 5.91 Å². The van der Waals surface area contributed by atoms with E-state index in [1.54, 1.807) is 24.8 Å². The number of hydrogen-bond donors (Lipinski definition) is 1. The van der Waals surface area contributed by atoms with Crippen LogP contribution in [0.4, 0.5) is 0 Å². The lowest BCUT2D eigenvalue weighted by Gasteiger charge is -2.09. The zero-order valence-corrected chi connectivity index (χ0v) is 11.7. The lowest BCUT2D eigenvalue weighted by atomic mass is 10.2. The topological polar surface area (TPSA) is 69.0 Å². The van der Waals surface area contributed by atoms with Crippen molar-refractivity contribution in [2.24, 2.45) is 0 Å². The number of aryl methyl sites for hydroxylation is 2. The molecule has 2 rings (SSSR count). The monoisotopic (exact) mass is 274 g/mol. The second-order valence-electron chi connectivity index (χ2n) is 4.44. The van der Waals surface area contributed by atoms with E-state index >= 15 is 0 Å². The third-order valence-electron chi connectivity index (χ3n) is 2.91. The van der Waals surface area contributed by atoms with E-state index in [9.17, 15) is 4.79 Å². The van der Waals surface area contributed by atoms with Crippen LogP contribution in [0, 0.1) is 6.92 Å². The van der Waals surface area contributed by atoms with Gasteiger partial charge < -0.3 is 14.6 Å². The highest BCUT2D eigenvalue weighted by atomic mass is 16.5. The number of hydrogen-bond acceptors (Lipinski definition) is 4. The molecule has 0 saturated heterocycles. The van der Waals surface area contributed by atoms with Gasteiger partial charge in [0.1, 0.15) is 5.75 Å². The zero-order valence-electron chi connectivity index (χ0n) is 11.7. The van der Waals surface area contributed by atoms with Gasteiger partial charge >= 0.3 is 0 Å². The van der Waals surface area contributed by atoms with Crippen LogP contribution in [0.3, 0.4) is 0 Å². The molecule has 0 atom stereocenters. The molecule has 6 heteroatoms. The van der Waals surface area contributed by atoms with Crippen LogP contribution in [0.15, 0.2) is 31.0 Å². The van der Waals surface area contributed by atoms with Crippen molar-refractivity contribution in [3.05, 3.63) is 42.2 Å². The minimum atomic E-state index is -0.141. The molecule has 0 radical (unpaired) electrons. The fourth-order valence-corrected chi connectivity index (χ4v) is 1.87. The molecule has 6 nitrogen and oxygen atoms in total. The Balaban J connectivity index is 1.87. The first-order chi connectivity index (χ1) is 9.70. The molecule has 2 aromatic rings. The standard InChI is InChI=1S/C14H18N4O2/c1-11-8-12(13(20-2)9-17-11)14(19)16-4-3-6-18-7-5-15-10-18/h5,7-10H,3-4,6H2,1-2H3,(H,16,19). The van der Waals surface area contributed by atoms with E-state index in [1.807, 2.05) is 17.7 Å². The average Bonchev–Trinajstić information content (AvgIpc) is 2.96. The van der Waals surface area contributed by atoms with Crippen molar-refractivity contribution in [1.29, 1.82) is 0 Å². The van der Waals surface area contributed by atoms with Gasteiger partial charge in [-0.05, 0) is 19.4 Å². The summed E-state index contributed by atoms with van der Waals surface area (Å²) in [6, 6.07) is 1.73. The number of methoxy groups -OCH3 is 1. The molecule has 0 saturated carbocycles. The summed E-state index contributed by atoms with van der Waals surface area (Å²) in [6.45, 7) is 3.27. The van der Waals surface area contributed by atoms with Gasteiger partial charge in [0.05, 0.1) is 25.2 Å². The van der Waals surface area contributed by atoms with Crippen LogP contribution in [0.1, 0.15) is 22.5 Å². The third-order valence-corrected chi connectivity index (χ3v) is 2.91. The summed E-state index contributed by atoms with van der Waals surface area (Å²) in [5, 5.41) is 2.88. The van der Waals surface area contributed by atoms with E-state index in [4.69, 9.17) is 4.74 Å². The Morgan fingerprint density at radius 1 is 1.50 bits per heavy atom.